The molecule has 0 saturated carbocycles. The van der Waals surface area contributed by atoms with Gasteiger partial charge in [-0.2, -0.15) is 6.07 Å². The van der Waals surface area contributed by atoms with Crippen molar-refractivity contribution >= 4 is 66.4 Å². The fraction of sp³-hybridized carbons (Fsp3) is 0.103. The first-order chi connectivity index (χ1) is 45.4. The normalized spacial score (nSPS) is 13.3. The van der Waals surface area contributed by atoms with Gasteiger partial charge in [0.25, 0.3) is 0 Å². The molecule has 12 aromatic carbocycles. The maximum absolute atomic E-state index is 7.31. The molecule has 3 aromatic heterocycles. The number of anilines is 4. The zero-order chi connectivity index (χ0) is 62.7. The quantitative estimate of drug-likeness (QED) is 0.128. The van der Waals surface area contributed by atoms with Gasteiger partial charge < -0.3 is 23.7 Å². The molecule has 1 aliphatic heterocycles. The number of nitrogens with zero attached hydrogens (tertiary/aromatic N) is 5. The summed E-state index contributed by atoms with van der Waals surface area (Å²) in [7, 11) is 0. The molecule has 1 aliphatic carbocycles. The van der Waals surface area contributed by atoms with Crippen LogP contribution in [0, 0.1) is 18.8 Å². The summed E-state index contributed by atoms with van der Waals surface area (Å²) in [5.74, 6) is 1.87. The molecule has 94 heavy (non-hydrogen) atoms. The van der Waals surface area contributed by atoms with E-state index in [-0.39, 0.29) is 31.9 Å². The molecule has 0 N–H and O–H groups in total. The molecular weight excluding hydrogens is 1330 g/mol. The van der Waals surface area contributed by atoms with E-state index in [0.717, 1.165) is 94.9 Å². The number of benzene rings is 12. The monoisotopic (exact) mass is 1390 g/mol. The second-order valence-electron chi connectivity index (χ2n) is 26.8. The fourth-order valence-electron chi connectivity index (χ4n) is 14.8. The number of hydrogen-bond donors (Lipinski definition) is 0. The summed E-state index contributed by atoms with van der Waals surface area (Å²) in [4.78, 5) is 9.94. The van der Waals surface area contributed by atoms with Crippen molar-refractivity contribution in [1.82, 2.24) is 14.1 Å². The van der Waals surface area contributed by atoms with Gasteiger partial charge in [-0.25, -0.2) is 4.98 Å². The molecular formula is C87H66N5OPt-3. The van der Waals surface area contributed by atoms with Crippen molar-refractivity contribution in [2.24, 2.45) is 0 Å². The molecule has 458 valence electrons. The van der Waals surface area contributed by atoms with E-state index in [1.165, 1.54) is 49.7 Å². The third kappa shape index (κ3) is 9.44. The van der Waals surface area contributed by atoms with E-state index in [2.05, 4.69) is 352 Å². The van der Waals surface area contributed by atoms with Gasteiger partial charge in [0, 0.05) is 83.2 Å². The topological polar surface area (TPSA) is 38.5 Å². The van der Waals surface area contributed by atoms with Gasteiger partial charge in [-0.15, -0.1) is 42.4 Å². The van der Waals surface area contributed by atoms with Gasteiger partial charge in [0.2, 0.25) is 0 Å². The van der Waals surface area contributed by atoms with Gasteiger partial charge in [0.05, 0.1) is 16.4 Å². The fourth-order valence-corrected chi connectivity index (χ4v) is 14.8. The van der Waals surface area contributed by atoms with Crippen molar-refractivity contribution < 1.29 is 25.8 Å². The molecule has 6 nitrogen and oxygen atoms in total. The second-order valence-corrected chi connectivity index (χ2v) is 26.8. The van der Waals surface area contributed by atoms with E-state index in [1.54, 1.807) is 0 Å². The Kier molecular flexibility index (Phi) is 14.1. The van der Waals surface area contributed by atoms with Crippen molar-refractivity contribution in [2.45, 2.75) is 57.8 Å². The molecule has 7 heteroatoms. The summed E-state index contributed by atoms with van der Waals surface area (Å²) in [6, 6.07) is 109. The number of rotatable bonds is 10. The van der Waals surface area contributed by atoms with E-state index in [1.807, 2.05) is 12.3 Å². The minimum atomic E-state index is -0.636. The molecule has 15 aromatic rings. The van der Waals surface area contributed by atoms with Crippen LogP contribution in [0.25, 0.3) is 88.5 Å². The van der Waals surface area contributed by atoms with E-state index < -0.39 is 5.41 Å². The smallest absolute Gasteiger partial charge is 0.135 e. The molecule has 0 fully saturated rings. The van der Waals surface area contributed by atoms with Gasteiger partial charge in [0.15, 0.2) is 0 Å². The van der Waals surface area contributed by atoms with Crippen LogP contribution in [0.1, 0.15) is 74.9 Å². The molecule has 0 unspecified atom stereocenters. The summed E-state index contributed by atoms with van der Waals surface area (Å²) in [5.41, 5.74) is 22.6. The molecule has 2 aliphatic rings. The number of aromatic nitrogens is 3. The van der Waals surface area contributed by atoms with Gasteiger partial charge >= 0.3 is 0 Å². The van der Waals surface area contributed by atoms with Crippen LogP contribution in [0.2, 0.25) is 0 Å². The average molecular weight is 1390 g/mol. The Morgan fingerprint density at radius 1 is 0.404 bits per heavy atom. The SMILES string of the molecule is CC(C)(C)c1ccc(C2(c3ccnc(-n4c5[c-]c(Oc6[c-]c(N7[CH-]N(c8c(-c9ccccc9)cc(C(C)(C)C)cc8-c8ccccc8)c8ccccc87)cc(-n7c8ccccc8c8ccccc87)c6)ccc5c5ccccc54)c3)c3ccccc3-c3ccccc32)cc1.[Pt]. The first-order valence-corrected chi connectivity index (χ1v) is 32.2. The van der Waals surface area contributed by atoms with Gasteiger partial charge in [-0.3, -0.25) is 0 Å². The molecule has 17 rings (SSSR count). The van der Waals surface area contributed by atoms with E-state index in [9.17, 15) is 0 Å². The molecule has 0 amide bonds. The van der Waals surface area contributed by atoms with E-state index in [0.29, 0.717) is 11.5 Å². The number of hydrogen-bond acceptors (Lipinski definition) is 4. The van der Waals surface area contributed by atoms with Crippen molar-refractivity contribution in [3.63, 3.8) is 0 Å². The Labute approximate surface area is 563 Å². The number of fused-ring (bicyclic) bond motifs is 10. The molecule has 4 heterocycles. The second kappa shape index (κ2) is 22.7. The zero-order valence-electron chi connectivity index (χ0n) is 53.2. The van der Waals surface area contributed by atoms with Crippen molar-refractivity contribution in [3.8, 4) is 56.4 Å². The Balaban J connectivity index is 0.00000699. The summed E-state index contributed by atoms with van der Waals surface area (Å²) < 4.78 is 11.9. The van der Waals surface area contributed by atoms with Crippen LogP contribution in [0.15, 0.2) is 285 Å². The number of ether oxygens (including phenoxy) is 1. The molecule has 0 atom stereocenters. The first-order valence-electron chi connectivity index (χ1n) is 32.2. The van der Waals surface area contributed by atoms with Crippen LogP contribution in [0.4, 0.5) is 22.7 Å². The van der Waals surface area contributed by atoms with Crippen LogP contribution >= 0.6 is 0 Å². The third-order valence-corrected chi connectivity index (χ3v) is 19.3. The maximum atomic E-state index is 7.31. The zero-order valence-corrected chi connectivity index (χ0v) is 55.4. The largest absolute Gasteiger partial charge is 0.509 e. The molecule has 0 saturated heterocycles. The van der Waals surface area contributed by atoms with Crippen LogP contribution in [-0.4, -0.2) is 14.1 Å². The van der Waals surface area contributed by atoms with Crippen molar-refractivity contribution in [3.05, 3.63) is 337 Å². The predicted octanol–water partition coefficient (Wildman–Crippen LogP) is 22.4. The first kappa shape index (κ1) is 58.6. The van der Waals surface area contributed by atoms with Crippen LogP contribution in [0.5, 0.6) is 11.5 Å². The number of pyridine rings is 1. The summed E-state index contributed by atoms with van der Waals surface area (Å²) >= 11 is 0. The maximum Gasteiger partial charge on any atom is 0.135 e. The Bertz CT molecular complexity index is 5280. The molecule has 0 spiro atoms. The Morgan fingerprint density at radius 2 is 0.915 bits per heavy atom. The van der Waals surface area contributed by atoms with Gasteiger partial charge in [-0.05, 0) is 126 Å². The van der Waals surface area contributed by atoms with Crippen molar-refractivity contribution in [2.75, 3.05) is 9.80 Å². The minimum Gasteiger partial charge on any atom is -0.509 e. The Morgan fingerprint density at radius 3 is 1.50 bits per heavy atom. The van der Waals surface area contributed by atoms with Crippen LogP contribution < -0.4 is 14.5 Å². The number of para-hydroxylation sites is 5. The predicted molar refractivity (Wildman–Crippen MR) is 384 cm³/mol. The summed E-state index contributed by atoms with van der Waals surface area (Å²) in [6.07, 6.45) is 1.98. The third-order valence-electron chi connectivity index (χ3n) is 19.3. The summed E-state index contributed by atoms with van der Waals surface area (Å²) in [5, 5.41) is 4.48. The minimum absolute atomic E-state index is 0. The van der Waals surface area contributed by atoms with Crippen LogP contribution in [0.3, 0.4) is 0 Å². The average Bonchev–Trinajstić information content (AvgIpc) is 1.25. The molecule has 0 bridgehead atoms. The van der Waals surface area contributed by atoms with Gasteiger partial charge in [0.1, 0.15) is 5.82 Å². The van der Waals surface area contributed by atoms with Crippen LogP contribution in [-0.2, 0) is 37.3 Å². The standard InChI is InChI=1S/C87H66N5O.Pt/c1-85(2,3)59-41-43-60(44-42-59)87(75-34-18-13-29-67(75)68-30-14-19-35-76(68)87)61-47-48-88-83(51-61)92-79-38-22-17-33-71(79)72-46-45-65(55-82(72)92)93-66-53-63(52-64(54-66)91-77-36-20-15-31-69(77)70-32-16-21-37-78(70)91)89-56-90(81-40-24-23-39-80(81)89)84-73(57-25-9-7-10-26-57)49-62(86(4,5)6)50-74(84)58-27-11-8-12-28-58;/h7-52,54,56H,1-6H3;/q-3;. The van der Waals surface area contributed by atoms with Crippen molar-refractivity contribution in [1.29, 1.82) is 0 Å². The summed E-state index contributed by atoms with van der Waals surface area (Å²) in [6.45, 7) is 16.0. The Hall–Kier alpha value is -10.5. The van der Waals surface area contributed by atoms with E-state index >= 15 is 0 Å². The van der Waals surface area contributed by atoms with E-state index in [4.69, 9.17) is 9.72 Å². The van der Waals surface area contributed by atoms with Gasteiger partial charge in [-0.1, -0.05) is 259 Å². The molecule has 0 radical (unpaired) electrons.